The standard InChI is InChI=1S/C21H19N5O4/c27-17-10-14(12-26(17)11-13-6-2-1-3-7-13)19(28)23-25-21(30)18-15-8-4-5-9-16(15)20(29)24-22-18/h1-9,14H,10-12H2,(H,23,28)(H,24,29)(H,25,30). The van der Waals surface area contributed by atoms with E-state index in [9.17, 15) is 19.2 Å². The van der Waals surface area contributed by atoms with Gasteiger partial charge in [0.25, 0.3) is 11.5 Å². The van der Waals surface area contributed by atoms with E-state index in [-0.39, 0.29) is 24.6 Å². The number of benzene rings is 2. The number of likely N-dealkylation sites (tertiary alicyclic amines) is 1. The molecule has 0 radical (unpaired) electrons. The van der Waals surface area contributed by atoms with Crippen molar-refractivity contribution in [1.82, 2.24) is 25.9 Å². The summed E-state index contributed by atoms with van der Waals surface area (Å²) in [6.45, 7) is 0.707. The smallest absolute Gasteiger partial charge is 0.290 e. The number of aromatic nitrogens is 2. The summed E-state index contributed by atoms with van der Waals surface area (Å²) in [7, 11) is 0. The van der Waals surface area contributed by atoms with Crippen LogP contribution in [-0.4, -0.2) is 39.4 Å². The van der Waals surface area contributed by atoms with Crippen LogP contribution in [0.15, 0.2) is 59.4 Å². The van der Waals surface area contributed by atoms with Gasteiger partial charge >= 0.3 is 0 Å². The topological polar surface area (TPSA) is 124 Å². The van der Waals surface area contributed by atoms with Crippen LogP contribution in [0.1, 0.15) is 22.5 Å². The Morgan fingerprint density at radius 3 is 2.47 bits per heavy atom. The molecule has 0 spiro atoms. The summed E-state index contributed by atoms with van der Waals surface area (Å²) in [4.78, 5) is 50.6. The van der Waals surface area contributed by atoms with Crippen LogP contribution in [0.5, 0.6) is 0 Å². The largest absolute Gasteiger partial charge is 0.338 e. The first-order valence-electron chi connectivity index (χ1n) is 9.42. The molecule has 1 aliphatic rings. The van der Waals surface area contributed by atoms with E-state index in [1.54, 1.807) is 29.2 Å². The molecule has 9 heteroatoms. The number of amides is 3. The number of H-pyrrole nitrogens is 1. The lowest BCUT2D eigenvalue weighted by atomic mass is 10.1. The Balaban J connectivity index is 1.38. The number of rotatable bonds is 4. The summed E-state index contributed by atoms with van der Waals surface area (Å²) in [6.07, 6.45) is 0.0778. The van der Waals surface area contributed by atoms with Crippen molar-refractivity contribution in [1.29, 1.82) is 0 Å². The fraction of sp³-hybridized carbons (Fsp3) is 0.190. The zero-order valence-corrected chi connectivity index (χ0v) is 15.9. The SMILES string of the molecule is O=C(NNC(=O)C1CC(=O)N(Cc2ccccc2)C1)c1n[nH]c(=O)c2ccccc12. The minimum Gasteiger partial charge on any atom is -0.338 e. The molecule has 2 heterocycles. The van der Waals surface area contributed by atoms with Gasteiger partial charge in [-0.15, -0.1) is 0 Å². The molecule has 0 aliphatic carbocycles. The molecule has 0 saturated carbocycles. The van der Waals surface area contributed by atoms with E-state index in [0.717, 1.165) is 5.56 Å². The van der Waals surface area contributed by atoms with Gasteiger partial charge in [0.2, 0.25) is 11.8 Å². The van der Waals surface area contributed by atoms with Gasteiger partial charge in [-0.3, -0.25) is 30.0 Å². The first kappa shape index (κ1) is 19.3. The lowest BCUT2D eigenvalue weighted by molar-refractivity contribution is -0.129. The van der Waals surface area contributed by atoms with Crippen LogP contribution in [0.3, 0.4) is 0 Å². The number of carbonyl (C=O) groups excluding carboxylic acids is 3. The maximum absolute atomic E-state index is 12.5. The van der Waals surface area contributed by atoms with Crippen molar-refractivity contribution in [2.45, 2.75) is 13.0 Å². The van der Waals surface area contributed by atoms with E-state index in [4.69, 9.17) is 0 Å². The second-order valence-electron chi connectivity index (χ2n) is 7.05. The first-order chi connectivity index (χ1) is 14.5. The van der Waals surface area contributed by atoms with Crippen LogP contribution < -0.4 is 16.4 Å². The molecule has 3 amide bonds. The molecule has 9 nitrogen and oxygen atoms in total. The van der Waals surface area contributed by atoms with E-state index in [1.165, 1.54) is 0 Å². The summed E-state index contributed by atoms with van der Waals surface area (Å²) >= 11 is 0. The van der Waals surface area contributed by atoms with Crippen molar-refractivity contribution in [3.63, 3.8) is 0 Å². The Morgan fingerprint density at radius 1 is 1.00 bits per heavy atom. The number of nitrogens with one attached hydrogen (secondary N) is 3. The highest BCUT2D eigenvalue weighted by molar-refractivity contribution is 6.05. The molecule has 1 saturated heterocycles. The van der Waals surface area contributed by atoms with E-state index in [0.29, 0.717) is 17.3 Å². The molecule has 1 aromatic heterocycles. The molecule has 30 heavy (non-hydrogen) atoms. The number of fused-ring (bicyclic) bond motifs is 1. The average molecular weight is 405 g/mol. The number of hydrogen-bond acceptors (Lipinski definition) is 5. The lowest BCUT2D eigenvalue weighted by Gasteiger charge is -2.16. The van der Waals surface area contributed by atoms with Crippen LogP contribution in [0, 0.1) is 5.92 Å². The van der Waals surface area contributed by atoms with Gasteiger partial charge in [-0.25, -0.2) is 5.10 Å². The fourth-order valence-electron chi connectivity index (χ4n) is 3.47. The molecule has 1 aliphatic heterocycles. The van der Waals surface area contributed by atoms with Crippen molar-refractivity contribution < 1.29 is 14.4 Å². The van der Waals surface area contributed by atoms with Gasteiger partial charge in [0, 0.05) is 24.9 Å². The second kappa shape index (κ2) is 8.16. The van der Waals surface area contributed by atoms with Crippen LogP contribution in [0.25, 0.3) is 10.8 Å². The van der Waals surface area contributed by atoms with E-state index in [1.807, 2.05) is 30.3 Å². The monoisotopic (exact) mass is 405 g/mol. The molecule has 0 bridgehead atoms. The summed E-state index contributed by atoms with van der Waals surface area (Å²) < 4.78 is 0. The molecular weight excluding hydrogens is 386 g/mol. The molecule has 1 unspecified atom stereocenters. The molecule has 1 atom stereocenters. The van der Waals surface area contributed by atoms with Crippen molar-refractivity contribution >= 4 is 28.5 Å². The quantitative estimate of drug-likeness (QED) is 0.552. The van der Waals surface area contributed by atoms with Crippen molar-refractivity contribution in [2.75, 3.05) is 6.54 Å². The van der Waals surface area contributed by atoms with Gasteiger partial charge < -0.3 is 4.90 Å². The zero-order chi connectivity index (χ0) is 21.1. The number of hydrogen-bond donors (Lipinski definition) is 3. The van der Waals surface area contributed by atoms with Gasteiger partial charge in [-0.1, -0.05) is 48.5 Å². The van der Waals surface area contributed by atoms with E-state index < -0.39 is 23.3 Å². The van der Waals surface area contributed by atoms with E-state index in [2.05, 4.69) is 21.0 Å². The number of nitrogens with zero attached hydrogens (tertiary/aromatic N) is 2. The van der Waals surface area contributed by atoms with Gasteiger partial charge in [-0.2, -0.15) is 5.10 Å². The maximum Gasteiger partial charge on any atom is 0.290 e. The second-order valence-corrected chi connectivity index (χ2v) is 7.05. The maximum atomic E-state index is 12.5. The average Bonchev–Trinajstić information content (AvgIpc) is 3.13. The first-order valence-corrected chi connectivity index (χ1v) is 9.42. The lowest BCUT2D eigenvalue weighted by Crippen LogP contribution is -2.45. The fourth-order valence-corrected chi connectivity index (χ4v) is 3.47. The minimum atomic E-state index is -0.665. The van der Waals surface area contributed by atoms with Gasteiger partial charge in [0.05, 0.1) is 11.3 Å². The highest BCUT2D eigenvalue weighted by Gasteiger charge is 2.34. The molecule has 3 aromatic rings. The summed E-state index contributed by atoms with van der Waals surface area (Å²) in [6, 6.07) is 16.1. The predicted octanol–water partition coefficient (Wildman–Crippen LogP) is 0.733. The number of aromatic amines is 1. The molecule has 152 valence electrons. The minimum absolute atomic E-state index is 0.0151. The molecule has 4 rings (SSSR count). The highest BCUT2D eigenvalue weighted by Crippen LogP contribution is 2.20. The zero-order valence-electron chi connectivity index (χ0n) is 15.9. The summed E-state index contributed by atoms with van der Waals surface area (Å²) in [5.41, 5.74) is 5.23. The summed E-state index contributed by atoms with van der Waals surface area (Å²) in [5, 5.41) is 6.75. The van der Waals surface area contributed by atoms with Crippen LogP contribution in [0.2, 0.25) is 0 Å². The predicted molar refractivity (Wildman–Crippen MR) is 108 cm³/mol. The normalized spacial score (nSPS) is 15.9. The van der Waals surface area contributed by atoms with Crippen LogP contribution in [0.4, 0.5) is 0 Å². The van der Waals surface area contributed by atoms with E-state index >= 15 is 0 Å². The third kappa shape index (κ3) is 3.90. The van der Waals surface area contributed by atoms with Gasteiger partial charge in [-0.05, 0) is 11.6 Å². The van der Waals surface area contributed by atoms with Crippen LogP contribution >= 0.6 is 0 Å². The Bertz CT molecular complexity index is 1170. The van der Waals surface area contributed by atoms with Crippen molar-refractivity contribution in [2.24, 2.45) is 5.92 Å². The molecule has 2 aromatic carbocycles. The Hall–Kier alpha value is -4.01. The van der Waals surface area contributed by atoms with Gasteiger partial charge in [0.1, 0.15) is 0 Å². The molecule has 1 fully saturated rings. The highest BCUT2D eigenvalue weighted by atomic mass is 16.2. The Morgan fingerprint density at radius 2 is 1.70 bits per heavy atom. The third-order valence-electron chi connectivity index (χ3n) is 5.01. The van der Waals surface area contributed by atoms with Gasteiger partial charge in [0.15, 0.2) is 5.69 Å². The van der Waals surface area contributed by atoms with Crippen molar-refractivity contribution in [3.05, 3.63) is 76.2 Å². The molecule has 3 N–H and O–H groups in total. The number of hydrazine groups is 1. The van der Waals surface area contributed by atoms with Crippen molar-refractivity contribution in [3.8, 4) is 0 Å². The Labute approximate surface area is 171 Å². The summed E-state index contributed by atoms with van der Waals surface area (Å²) in [5.74, 6) is -1.80. The number of carbonyl (C=O) groups is 3. The Kier molecular flexibility index (Phi) is 5.25. The third-order valence-corrected chi connectivity index (χ3v) is 5.01. The molecular formula is C21H19N5O4. The van der Waals surface area contributed by atoms with Crippen LogP contribution in [-0.2, 0) is 16.1 Å².